The van der Waals surface area contributed by atoms with Gasteiger partial charge in [0.2, 0.25) is 0 Å². The first kappa shape index (κ1) is 21.5. The lowest BCUT2D eigenvalue weighted by molar-refractivity contribution is 0.0800. The molecular weight excluding hydrogens is 404 g/mol. The maximum absolute atomic E-state index is 12.0. The minimum atomic E-state index is -1.04. The lowest BCUT2D eigenvalue weighted by atomic mass is 9.71. The molecular formula is C31H30O2. The Morgan fingerprint density at radius 1 is 0.818 bits per heavy atom. The Bertz CT molecular complexity index is 1230. The smallest absolute Gasteiger partial charge is 0.123 e. The number of rotatable bonds is 7. The zero-order chi connectivity index (χ0) is 22.7. The van der Waals surface area contributed by atoms with Crippen molar-refractivity contribution in [1.82, 2.24) is 0 Å². The van der Waals surface area contributed by atoms with Gasteiger partial charge in [0.05, 0.1) is 0 Å². The second kappa shape index (κ2) is 9.25. The van der Waals surface area contributed by atoms with Gasteiger partial charge in [0.15, 0.2) is 0 Å². The van der Waals surface area contributed by atoms with Crippen LogP contribution in [0.1, 0.15) is 47.6 Å². The summed E-state index contributed by atoms with van der Waals surface area (Å²) in [4.78, 5) is 0. The van der Waals surface area contributed by atoms with Crippen LogP contribution in [0, 0.1) is 0 Å². The molecule has 0 spiro atoms. The summed E-state index contributed by atoms with van der Waals surface area (Å²) in [6.45, 7) is 2.77. The molecule has 0 bridgehead atoms. The Labute approximate surface area is 196 Å². The van der Waals surface area contributed by atoms with Crippen molar-refractivity contribution in [2.45, 2.75) is 44.8 Å². The first-order chi connectivity index (χ1) is 16.2. The van der Waals surface area contributed by atoms with Gasteiger partial charge >= 0.3 is 0 Å². The van der Waals surface area contributed by atoms with Crippen molar-refractivity contribution in [3.05, 3.63) is 125 Å². The van der Waals surface area contributed by atoms with E-state index in [2.05, 4.69) is 49.4 Å². The fourth-order valence-electron chi connectivity index (χ4n) is 5.04. The van der Waals surface area contributed by atoms with Crippen molar-refractivity contribution in [1.29, 1.82) is 0 Å². The quantitative estimate of drug-likeness (QED) is 0.337. The molecule has 1 aliphatic rings. The van der Waals surface area contributed by atoms with Crippen molar-refractivity contribution >= 4 is 0 Å². The van der Waals surface area contributed by atoms with Crippen LogP contribution in [0.3, 0.4) is 0 Å². The Balaban J connectivity index is 1.62. The van der Waals surface area contributed by atoms with E-state index in [0.29, 0.717) is 13.0 Å². The molecule has 0 radical (unpaired) electrons. The molecule has 0 aliphatic heterocycles. The minimum Gasteiger partial charge on any atom is -0.489 e. The summed E-state index contributed by atoms with van der Waals surface area (Å²) < 4.78 is 6.38. The lowest BCUT2D eigenvalue weighted by Gasteiger charge is -2.37. The summed E-state index contributed by atoms with van der Waals surface area (Å²) in [5.74, 6) is 0.950. The molecule has 1 atom stereocenters. The van der Waals surface area contributed by atoms with Crippen molar-refractivity contribution in [3.63, 3.8) is 0 Å². The Morgan fingerprint density at radius 3 is 2.27 bits per heavy atom. The maximum Gasteiger partial charge on any atom is 0.123 e. The van der Waals surface area contributed by atoms with Gasteiger partial charge in [-0.1, -0.05) is 104 Å². The minimum absolute atomic E-state index is 0.550. The molecule has 1 unspecified atom stereocenters. The third-order valence-electron chi connectivity index (χ3n) is 6.71. The summed E-state index contributed by atoms with van der Waals surface area (Å²) in [5.41, 5.74) is 6.82. The highest BCUT2D eigenvalue weighted by molar-refractivity contribution is 5.80. The molecule has 0 saturated carbocycles. The lowest BCUT2D eigenvalue weighted by Crippen LogP contribution is -2.34. The van der Waals surface area contributed by atoms with Gasteiger partial charge in [-0.05, 0) is 52.3 Å². The standard InChI is InChI=1S/C31H30O2/c1-2-3-16-27-29(33-22-23-12-6-4-7-13-23)20-19-24-21-31(32,25-14-8-5-9-15-25)28-18-11-10-17-26(28)30(24)27/h4-15,17-20,32H,2-3,16,21-22H2,1H3. The van der Waals surface area contributed by atoms with Gasteiger partial charge in [-0.15, -0.1) is 0 Å². The second-order valence-electron chi connectivity index (χ2n) is 8.90. The van der Waals surface area contributed by atoms with E-state index in [1.807, 2.05) is 54.6 Å². The first-order valence-electron chi connectivity index (χ1n) is 11.9. The van der Waals surface area contributed by atoms with Gasteiger partial charge in [0, 0.05) is 12.0 Å². The molecule has 2 nitrogen and oxygen atoms in total. The van der Waals surface area contributed by atoms with Crippen LogP contribution in [0.25, 0.3) is 11.1 Å². The van der Waals surface area contributed by atoms with Crippen LogP contribution in [-0.4, -0.2) is 5.11 Å². The number of aliphatic hydroxyl groups is 1. The average molecular weight is 435 g/mol. The van der Waals surface area contributed by atoms with Gasteiger partial charge in [-0.3, -0.25) is 0 Å². The summed E-state index contributed by atoms with van der Waals surface area (Å²) in [6, 6.07) is 32.9. The molecule has 0 aromatic heterocycles. The van der Waals surface area contributed by atoms with Gasteiger partial charge in [-0.25, -0.2) is 0 Å². The highest BCUT2D eigenvalue weighted by Gasteiger charge is 2.39. The molecule has 4 aromatic carbocycles. The first-order valence-corrected chi connectivity index (χ1v) is 11.9. The fourth-order valence-corrected chi connectivity index (χ4v) is 5.04. The summed E-state index contributed by atoms with van der Waals surface area (Å²) in [7, 11) is 0. The van der Waals surface area contributed by atoms with Gasteiger partial charge in [0.1, 0.15) is 18.0 Å². The molecule has 33 heavy (non-hydrogen) atoms. The molecule has 1 aliphatic carbocycles. The molecule has 1 N–H and O–H groups in total. The van der Waals surface area contributed by atoms with Crippen LogP contribution < -0.4 is 4.74 Å². The molecule has 166 valence electrons. The van der Waals surface area contributed by atoms with Crippen molar-refractivity contribution in [3.8, 4) is 16.9 Å². The summed E-state index contributed by atoms with van der Waals surface area (Å²) in [6.07, 6.45) is 3.74. The van der Waals surface area contributed by atoms with E-state index in [9.17, 15) is 5.11 Å². The number of fused-ring (bicyclic) bond motifs is 3. The van der Waals surface area contributed by atoms with Crippen molar-refractivity contribution < 1.29 is 9.84 Å². The van der Waals surface area contributed by atoms with Gasteiger partial charge in [-0.2, -0.15) is 0 Å². The zero-order valence-corrected chi connectivity index (χ0v) is 19.1. The molecule has 5 rings (SSSR count). The van der Waals surface area contributed by atoms with E-state index < -0.39 is 5.60 Å². The highest BCUT2D eigenvalue weighted by Crippen LogP contribution is 2.48. The number of hydrogen-bond acceptors (Lipinski definition) is 2. The van der Waals surface area contributed by atoms with E-state index in [-0.39, 0.29) is 0 Å². The Morgan fingerprint density at radius 2 is 1.52 bits per heavy atom. The van der Waals surface area contributed by atoms with E-state index in [4.69, 9.17) is 4.74 Å². The predicted octanol–water partition coefficient (Wildman–Crippen LogP) is 7.07. The number of benzene rings is 4. The van der Waals surface area contributed by atoms with E-state index in [0.717, 1.165) is 47.3 Å². The summed E-state index contributed by atoms with van der Waals surface area (Å²) in [5, 5.41) is 12.0. The van der Waals surface area contributed by atoms with Crippen LogP contribution in [0.5, 0.6) is 5.75 Å². The van der Waals surface area contributed by atoms with Crippen LogP contribution in [0.15, 0.2) is 97.1 Å². The predicted molar refractivity (Wildman–Crippen MR) is 134 cm³/mol. The molecule has 2 heteroatoms. The van der Waals surface area contributed by atoms with E-state index >= 15 is 0 Å². The zero-order valence-electron chi connectivity index (χ0n) is 19.1. The maximum atomic E-state index is 12.0. The number of unbranched alkanes of at least 4 members (excludes halogenated alkanes) is 1. The summed E-state index contributed by atoms with van der Waals surface area (Å²) >= 11 is 0. The van der Waals surface area contributed by atoms with Crippen molar-refractivity contribution in [2.75, 3.05) is 0 Å². The average Bonchev–Trinajstić information content (AvgIpc) is 2.87. The largest absolute Gasteiger partial charge is 0.489 e. The highest BCUT2D eigenvalue weighted by atomic mass is 16.5. The Hall–Kier alpha value is -3.36. The third-order valence-corrected chi connectivity index (χ3v) is 6.71. The third kappa shape index (κ3) is 4.07. The van der Waals surface area contributed by atoms with Crippen LogP contribution in [-0.2, 0) is 25.0 Å². The van der Waals surface area contributed by atoms with Gasteiger partial charge < -0.3 is 9.84 Å². The van der Waals surface area contributed by atoms with E-state index in [1.165, 1.54) is 16.7 Å². The van der Waals surface area contributed by atoms with Crippen LogP contribution in [0.2, 0.25) is 0 Å². The molecule has 0 fully saturated rings. The monoisotopic (exact) mass is 434 g/mol. The normalized spacial score (nSPS) is 16.7. The molecule has 0 amide bonds. The fraction of sp³-hybridized carbons (Fsp3) is 0.226. The van der Waals surface area contributed by atoms with Crippen LogP contribution >= 0.6 is 0 Å². The van der Waals surface area contributed by atoms with E-state index in [1.54, 1.807) is 0 Å². The molecule has 0 heterocycles. The second-order valence-corrected chi connectivity index (χ2v) is 8.90. The number of hydrogen-bond donors (Lipinski definition) is 1. The van der Waals surface area contributed by atoms with Gasteiger partial charge in [0.25, 0.3) is 0 Å². The SMILES string of the molecule is CCCCc1c(OCc2ccccc2)ccc2c1-c1ccccc1C(O)(c1ccccc1)C2. The molecule has 0 saturated heterocycles. The Kier molecular flexibility index (Phi) is 6.02. The number of ether oxygens (including phenoxy) is 1. The van der Waals surface area contributed by atoms with Crippen molar-refractivity contribution in [2.24, 2.45) is 0 Å². The van der Waals surface area contributed by atoms with Crippen LogP contribution in [0.4, 0.5) is 0 Å². The topological polar surface area (TPSA) is 29.5 Å². The molecule has 4 aromatic rings.